The third kappa shape index (κ3) is 4.23. The monoisotopic (exact) mass is 403 g/mol. The number of amidine groups is 1. The van der Waals surface area contributed by atoms with Crippen LogP contribution in [0, 0.1) is 5.92 Å². The van der Waals surface area contributed by atoms with Crippen molar-refractivity contribution in [2.24, 2.45) is 10.9 Å². The summed E-state index contributed by atoms with van der Waals surface area (Å²) < 4.78 is 38.2. The molecule has 4 rings (SSSR count). The van der Waals surface area contributed by atoms with Crippen LogP contribution in [0.4, 0.5) is 13.2 Å². The van der Waals surface area contributed by atoms with Gasteiger partial charge in [-0.1, -0.05) is 30.3 Å². The first-order valence-corrected chi connectivity index (χ1v) is 9.47. The zero-order chi connectivity index (χ0) is 20.4. The van der Waals surface area contributed by atoms with E-state index in [1.54, 1.807) is 12.4 Å². The van der Waals surface area contributed by atoms with Crippen LogP contribution >= 0.6 is 0 Å². The first-order valence-electron chi connectivity index (χ1n) is 9.47. The normalized spacial score (nSPS) is 22.2. The molecule has 1 aromatic carbocycles. The molecule has 1 aromatic heterocycles. The number of benzene rings is 1. The number of hydrogen-bond donors (Lipinski definition) is 1. The minimum atomic E-state index is -4.84. The van der Waals surface area contributed by atoms with Crippen LogP contribution in [0.5, 0.6) is 0 Å². The standard InChI is InChI=1S/C20H20F3N5O/c21-20(22,23)19(29)28-8-4-7-14(12-28)18-26-11-16(27-18)15-9-24-17(25-10-15)13-5-2-1-3-6-13/h1-3,5-6,9-10,14,16H,4,7-8,11-12H2,(H,26,27). The van der Waals surface area contributed by atoms with Gasteiger partial charge in [-0.2, -0.15) is 13.2 Å². The fourth-order valence-electron chi connectivity index (χ4n) is 3.71. The minimum Gasteiger partial charge on any atom is -0.371 e. The van der Waals surface area contributed by atoms with E-state index in [9.17, 15) is 18.0 Å². The molecule has 6 nitrogen and oxygen atoms in total. The quantitative estimate of drug-likeness (QED) is 0.856. The predicted octanol–water partition coefficient (Wildman–Crippen LogP) is 2.99. The summed E-state index contributed by atoms with van der Waals surface area (Å²) in [4.78, 5) is 25.9. The van der Waals surface area contributed by atoms with Gasteiger partial charge >= 0.3 is 12.1 Å². The van der Waals surface area contributed by atoms with E-state index in [2.05, 4.69) is 20.3 Å². The summed E-state index contributed by atoms with van der Waals surface area (Å²) in [5.41, 5.74) is 1.76. The van der Waals surface area contributed by atoms with Gasteiger partial charge in [0.2, 0.25) is 0 Å². The molecule has 1 fully saturated rings. The number of amides is 1. The predicted molar refractivity (Wildman–Crippen MR) is 101 cm³/mol. The molecule has 3 heterocycles. The summed E-state index contributed by atoms with van der Waals surface area (Å²) >= 11 is 0. The van der Waals surface area contributed by atoms with Crippen LogP contribution in [-0.4, -0.2) is 52.4 Å². The van der Waals surface area contributed by atoms with Gasteiger partial charge in [0.15, 0.2) is 5.82 Å². The Bertz CT molecular complexity index is 899. The van der Waals surface area contributed by atoms with Crippen LogP contribution < -0.4 is 5.32 Å². The fourth-order valence-corrected chi connectivity index (χ4v) is 3.71. The van der Waals surface area contributed by atoms with Crippen LogP contribution in [0.3, 0.4) is 0 Å². The Kier molecular flexibility index (Phi) is 5.21. The molecule has 0 saturated carbocycles. The van der Waals surface area contributed by atoms with Crippen molar-refractivity contribution in [1.82, 2.24) is 20.2 Å². The number of nitrogens with one attached hydrogen (secondary N) is 1. The van der Waals surface area contributed by atoms with E-state index < -0.39 is 12.1 Å². The molecule has 2 unspecified atom stereocenters. The van der Waals surface area contributed by atoms with Gasteiger partial charge in [0.05, 0.1) is 6.04 Å². The lowest BCUT2D eigenvalue weighted by molar-refractivity contribution is -0.186. The number of piperidine rings is 1. The number of halogens is 3. The second-order valence-electron chi connectivity index (χ2n) is 7.21. The highest BCUT2D eigenvalue weighted by Gasteiger charge is 2.44. The molecular formula is C20H20F3N5O. The van der Waals surface area contributed by atoms with Gasteiger partial charge in [-0.25, -0.2) is 9.97 Å². The molecule has 2 aliphatic heterocycles. The van der Waals surface area contributed by atoms with Crippen molar-refractivity contribution in [3.8, 4) is 11.4 Å². The Balaban J connectivity index is 1.44. The van der Waals surface area contributed by atoms with Crippen molar-refractivity contribution in [3.05, 3.63) is 48.3 Å². The lowest BCUT2D eigenvalue weighted by atomic mass is 9.96. The van der Waals surface area contributed by atoms with Crippen LogP contribution in [-0.2, 0) is 4.79 Å². The van der Waals surface area contributed by atoms with Gasteiger partial charge in [-0.05, 0) is 12.8 Å². The summed E-state index contributed by atoms with van der Waals surface area (Å²) in [5, 5.41) is 3.19. The van der Waals surface area contributed by atoms with Gasteiger partial charge in [-0.3, -0.25) is 9.79 Å². The van der Waals surface area contributed by atoms with E-state index in [1.165, 1.54) is 0 Å². The number of aliphatic imine (C=N–C) groups is 1. The Morgan fingerprint density at radius 3 is 2.55 bits per heavy atom. The van der Waals surface area contributed by atoms with Crippen molar-refractivity contribution in [1.29, 1.82) is 0 Å². The van der Waals surface area contributed by atoms with Crippen molar-refractivity contribution in [2.45, 2.75) is 25.1 Å². The maximum Gasteiger partial charge on any atom is 0.471 e. The molecule has 1 saturated heterocycles. The van der Waals surface area contributed by atoms with Crippen LogP contribution in [0.2, 0.25) is 0 Å². The maximum atomic E-state index is 12.7. The van der Waals surface area contributed by atoms with E-state index in [0.717, 1.165) is 16.0 Å². The molecule has 2 aliphatic rings. The Morgan fingerprint density at radius 2 is 1.86 bits per heavy atom. The molecule has 0 aliphatic carbocycles. The second kappa shape index (κ2) is 7.81. The highest BCUT2D eigenvalue weighted by atomic mass is 19.4. The number of alkyl halides is 3. The number of aromatic nitrogens is 2. The van der Waals surface area contributed by atoms with Crippen molar-refractivity contribution in [3.63, 3.8) is 0 Å². The highest BCUT2D eigenvalue weighted by Crippen LogP contribution is 2.28. The molecule has 0 bridgehead atoms. The maximum absolute atomic E-state index is 12.7. The van der Waals surface area contributed by atoms with Crippen molar-refractivity contribution < 1.29 is 18.0 Å². The van der Waals surface area contributed by atoms with Crippen LogP contribution in [0.15, 0.2) is 47.7 Å². The largest absolute Gasteiger partial charge is 0.471 e. The van der Waals surface area contributed by atoms with Gasteiger partial charge < -0.3 is 10.2 Å². The lowest BCUT2D eigenvalue weighted by Crippen LogP contribution is -2.49. The molecule has 0 spiro atoms. The smallest absolute Gasteiger partial charge is 0.371 e. The topological polar surface area (TPSA) is 70.5 Å². The van der Waals surface area contributed by atoms with Crippen LogP contribution in [0.25, 0.3) is 11.4 Å². The number of carbonyl (C=O) groups is 1. The summed E-state index contributed by atoms with van der Waals surface area (Å²) in [6.45, 7) is 0.688. The highest BCUT2D eigenvalue weighted by molar-refractivity contribution is 5.88. The van der Waals surface area contributed by atoms with E-state index in [1.807, 2.05) is 30.3 Å². The molecule has 2 atom stereocenters. The van der Waals surface area contributed by atoms with E-state index in [0.29, 0.717) is 31.0 Å². The molecule has 1 amide bonds. The molecule has 2 aromatic rings. The molecule has 9 heteroatoms. The fraction of sp³-hybridized carbons (Fsp3) is 0.400. The molecule has 152 valence electrons. The van der Waals surface area contributed by atoms with Gasteiger partial charge in [-0.15, -0.1) is 0 Å². The van der Waals surface area contributed by atoms with Gasteiger partial charge in [0.1, 0.15) is 5.84 Å². The number of rotatable bonds is 3. The summed E-state index contributed by atoms with van der Waals surface area (Å²) in [6.07, 6.45) is -0.160. The zero-order valence-corrected chi connectivity index (χ0v) is 15.6. The summed E-state index contributed by atoms with van der Waals surface area (Å²) in [7, 11) is 0. The molecule has 0 radical (unpaired) electrons. The zero-order valence-electron chi connectivity index (χ0n) is 15.6. The minimum absolute atomic E-state index is 0.0281. The second-order valence-corrected chi connectivity index (χ2v) is 7.21. The average molecular weight is 403 g/mol. The van der Waals surface area contributed by atoms with E-state index in [4.69, 9.17) is 0 Å². The van der Waals surface area contributed by atoms with Crippen molar-refractivity contribution in [2.75, 3.05) is 19.6 Å². The Hall–Kier alpha value is -2.97. The SMILES string of the molecule is O=C(N1CCCC(C2=NC(c3cnc(-c4ccccc4)nc3)CN2)C1)C(F)(F)F. The van der Waals surface area contributed by atoms with Crippen molar-refractivity contribution >= 4 is 11.7 Å². The third-order valence-corrected chi connectivity index (χ3v) is 5.20. The Morgan fingerprint density at radius 1 is 1.14 bits per heavy atom. The van der Waals surface area contributed by atoms with E-state index in [-0.39, 0.29) is 25.0 Å². The Labute approximate surface area is 165 Å². The van der Waals surface area contributed by atoms with Gasteiger partial charge in [0, 0.05) is 49.1 Å². The number of likely N-dealkylation sites (tertiary alicyclic amines) is 1. The van der Waals surface area contributed by atoms with Gasteiger partial charge in [0.25, 0.3) is 0 Å². The lowest BCUT2D eigenvalue weighted by Gasteiger charge is -2.33. The van der Waals surface area contributed by atoms with E-state index >= 15 is 0 Å². The first-order chi connectivity index (χ1) is 13.9. The third-order valence-electron chi connectivity index (χ3n) is 5.20. The summed E-state index contributed by atoms with van der Waals surface area (Å²) in [6, 6.07) is 9.43. The number of hydrogen-bond acceptors (Lipinski definition) is 5. The first kappa shape index (κ1) is 19.4. The van der Waals surface area contributed by atoms with Crippen LogP contribution in [0.1, 0.15) is 24.4 Å². The number of nitrogens with zero attached hydrogens (tertiary/aromatic N) is 4. The number of carbonyl (C=O) groups excluding carboxylic acids is 1. The molecule has 1 N–H and O–H groups in total. The molecular weight excluding hydrogens is 383 g/mol. The average Bonchev–Trinajstić information content (AvgIpc) is 3.24. The molecule has 29 heavy (non-hydrogen) atoms. The summed E-state index contributed by atoms with van der Waals surface area (Å²) in [5.74, 6) is -0.716.